The Bertz CT molecular complexity index is 570. The average Bonchev–Trinajstić information content (AvgIpc) is 2.94. The second-order valence-corrected chi connectivity index (χ2v) is 7.60. The van der Waals surface area contributed by atoms with Gasteiger partial charge in [0, 0.05) is 26.6 Å². The zero-order valence-electron chi connectivity index (χ0n) is 17.6. The highest BCUT2D eigenvalue weighted by molar-refractivity contribution is 5.74. The number of hydrogen-bond donors (Lipinski definition) is 2. The molecule has 1 atom stereocenters. The predicted octanol–water partition coefficient (Wildman–Crippen LogP) is 2.55. The minimum absolute atomic E-state index is 0.106. The van der Waals surface area contributed by atoms with Gasteiger partial charge in [-0.05, 0) is 38.8 Å². The van der Waals surface area contributed by atoms with Gasteiger partial charge in [0.2, 0.25) is 5.89 Å². The molecule has 0 aliphatic carbocycles. The average molecular weight is 398 g/mol. The van der Waals surface area contributed by atoms with Crippen molar-refractivity contribution < 1.29 is 19.2 Å². The van der Waals surface area contributed by atoms with Crippen LogP contribution in [0.4, 0.5) is 4.79 Å². The van der Waals surface area contributed by atoms with Crippen LogP contribution in [0.5, 0.6) is 0 Å². The molecule has 2 heterocycles. The summed E-state index contributed by atoms with van der Waals surface area (Å²) in [6.45, 7) is 9.78. The number of carbonyl (C=O) groups excluding carboxylic acids is 1. The van der Waals surface area contributed by atoms with Crippen molar-refractivity contribution in [3.8, 4) is 0 Å². The number of carboxylic acid groups (broad SMARTS) is 1. The first-order chi connectivity index (χ1) is 13.4. The quantitative estimate of drug-likeness (QED) is 0.680. The van der Waals surface area contributed by atoms with Crippen LogP contribution in [0.1, 0.15) is 64.2 Å². The Balaban J connectivity index is 0.00000122. The molecule has 0 aromatic carbocycles. The van der Waals surface area contributed by atoms with Gasteiger partial charge in [0.1, 0.15) is 6.04 Å². The minimum Gasteiger partial charge on any atom is -0.483 e. The van der Waals surface area contributed by atoms with E-state index in [4.69, 9.17) is 14.4 Å². The van der Waals surface area contributed by atoms with E-state index in [-0.39, 0.29) is 18.5 Å². The first-order valence-electron chi connectivity index (χ1n) is 10.0. The number of likely N-dealkylation sites (tertiary alicyclic amines) is 1. The maximum Gasteiger partial charge on any atom is 0.317 e. The smallest absolute Gasteiger partial charge is 0.317 e. The van der Waals surface area contributed by atoms with Crippen LogP contribution in [0.25, 0.3) is 0 Å². The van der Waals surface area contributed by atoms with E-state index in [2.05, 4.69) is 34.2 Å². The molecule has 0 spiro atoms. The number of likely N-dealkylation sites (N-methyl/N-ethyl adjacent to an activating group) is 1. The van der Waals surface area contributed by atoms with Crippen molar-refractivity contribution in [1.82, 2.24) is 25.3 Å². The summed E-state index contributed by atoms with van der Waals surface area (Å²) < 4.78 is 5.27. The van der Waals surface area contributed by atoms with Crippen LogP contribution in [-0.4, -0.2) is 70.8 Å². The highest BCUT2D eigenvalue weighted by Crippen LogP contribution is 2.12. The lowest BCUT2D eigenvalue weighted by Crippen LogP contribution is -2.42. The molecule has 2 rings (SSSR count). The van der Waals surface area contributed by atoms with Crippen molar-refractivity contribution in [2.75, 3.05) is 33.2 Å². The largest absolute Gasteiger partial charge is 0.483 e. The Labute approximate surface area is 167 Å². The Morgan fingerprint density at radius 2 is 1.89 bits per heavy atom. The number of urea groups is 1. The molecule has 0 bridgehead atoms. The van der Waals surface area contributed by atoms with Crippen molar-refractivity contribution in [1.29, 1.82) is 0 Å². The van der Waals surface area contributed by atoms with Gasteiger partial charge in [-0.2, -0.15) is 4.98 Å². The summed E-state index contributed by atoms with van der Waals surface area (Å²) in [6, 6.07) is -0.396. The molecule has 1 aromatic rings. The molecule has 2 N–H and O–H groups in total. The molecular weight excluding hydrogens is 362 g/mol. The van der Waals surface area contributed by atoms with E-state index >= 15 is 0 Å². The van der Waals surface area contributed by atoms with E-state index in [0.717, 1.165) is 32.6 Å². The summed E-state index contributed by atoms with van der Waals surface area (Å²) in [4.78, 5) is 29.3. The SMILES string of the molecule is CC(C)Cc1noc(C(C)NC(=O)N(C)CCN2CCCCCC2)n1.O=CO. The molecule has 1 aliphatic rings. The fraction of sp³-hybridized carbons (Fsp3) is 0.789. The maximum absolute atomic E-state index is 12.4. The van der Waals surface area contributed by atoms with Gasteiger partial charge in [-0.3, -0.25) is 4.79 Å². The third-order valence-corrected chi connectivity index (χ3v) is 4.58. The van der Waals surface area contributed by atoms with Gasteiger partial charge >= 0.3 is 6.03 Å². The maximum atomic E-state index is 12.4. The van der Waals surface area contributed by atoms with Gasteiger partial charge in [-0.25, -0.2) is 4.79 Å². The zero-order valence-corrected chi connectivity index (χ0v) is 17.6. The summed E-state index contributed by atoms with van der Waals surface area (Å²) in [6.07, 6.45) is 5.96. The van der Waals surface area contributed by atoms with Crippen LogP contribution in [0.3, 0.4) is 0 Å². The van der Waals surface area contributed by atoms with E-state index in [1.54, 1.807) is 4.90 Å². The number of aromatic nitrogens is 2. The number of amides is 2. The van der Waals surface area contributed by atoms with Crippen LogP contribution in [0.2, 0.25) is 0 Å². The summed E-state index contributed by atoms with van der Waals surface area (Å²) in [5, 5.41) is 13.8. The van der Waals surface area contributed by atoms with Crippen LogP contribution in [0.15, 0.2) is 4.52 Å². The fourth-order valence-electron chi connectivity index (χ4n) is 3.00. The molecule has 28 heavy (non-hydrogen) atoms. The van der Waals surface area contributed by atoms with Gasteiger partial charge in [0.05, 0.1) is 0 Å². The third-order valence-electron chi connectivity index (χ3n) is 4.58. The molecule has 9 heteroatoms. The Kier molecular flexibility index (Phi) is 11.2. The third kappa shape index (κ3) is 9.16. The van der Waals surface area contributed by atoms with Crippen LogP contribution >= 0.6 is 0 Å². The predicted molar refractivity (Wildman–Crippen MR) is 106 cm³/mol. The molecule has 1 unspecified atom stereocenters. The van der Waals surface area contributed by atoms with E-state index in [0.29, 0.717) is 17.6 Å². The number of carbonyl (C=O) groups is 2. The molecule has 9 nitrogen and oxygen atoms in total. The number of nitrogens with one attached hydrogen (secondary N) is 1. The summed E-state index contributed by atoms with van der Waals surface area (Å²) >= 11 is 0. The zero-order chi connectivity index (χ0) is 20.9. The lowest BCUT2D eigenvalue weighted by molar-refractivity contribution is -0.122. The van der Waals surface area contributed by atoms with Crippen LogP contribution in [-0.2, 0) is 11.2 Å². The van der Waals surface area contributed by atoms with Crippen LogP contribution in [0, 0.1) is 5.92 Å². The van der Waals surface area contributed by atoms with Gasteiger partial charge in [-0.15, -0.1) is 0 Å². The molecule has 0 saturated carbocycles. The van der Waals surface area contributed by atoms with Crippen molar-refractivity contribution in [3.05, 3.63) is 11.7 Å². The molecule has 160 valence electrons. The molecule has 0 radical (unpaired) electrons. The summed E-state index contributed by atoms with van der Waals surface area (Å²) in [7, 11) is 1.83. The van der Waals surface area contributed by atoms with Gasteiger partial charge in [-0.1, -0.05) is 31.8 Å². The number of hydrogen-bond acceptors (Lipinski definition) is 6. The monoisotopic (exact) mass is 397 g/mol. The lowest BCUT2D eigenvalue weighted by atomic mass is 10.1. The Morgan fingerprint density at radius 1 is 1.29 bits per heavy atom. The van der Waals surface area contributed by atoms with E-state index in [1.165, 1.54) is 25.7 Å². The number of rotatable bonds is 7. The van der Waals surface area contributed by atoms with Crippen molar-refractivity contribution in [2.24, 2.45) is 5.92 Å². The first kappa shape index (κ1) is 23.9. The van der Waals surface area contributed by atoms with Gasteiger partial charge in [0.25, 0.3) is 6.47 Å². The topological polar surface area (TPSA) is 112 Å². The van der Waals surface area contributed by atoms with E-state index in [1.807, 2.05) is 14.0 Å². The fourth-order valence-corrected chi connectivity index (χ4v) is 3.00. The van der Waals surface area contributed by atoms with Gasteiger partial charge < -0.3 is 24.7 Å². The lowest BCUT2D eigenvalue weighted by Gasteiger charge is -2.25. The highest BCUT2D eigenvalue weighted by Gasteiger charge is 2.19. The van der Waals surface area contributed by atoms with Crippen molar-refractivity contribution >= 4 is 12.5 Å². The number of nitrogens with zero attached hydrogens (tertiary/aromatic N) is 4. The van der Waals surface area contributed by atoms with Crippen molar-refractivity contribution in [2.45, 2.75) is 58.9 Å². The Hall–Kier alpha value is -2.16. The van der Waals surface area contributed by atoms with Crippen molar-refractivity contribution in [3.63, 3.8) is 0 Å². The molecule has 1 fully saturated rings. The molecule has 1 saturated heterocycles. The minimum atomic E-state index is -0.290. The van der Waals surface area contributed by atoms with Crippen LogP contribution < -0.4 is 5.32 Å². The molecule has 1 aliphatic heterocycles. The Morgan fingerprint density at radius 3 is 2.46 bits per heavy atom. The summed E-state index contributed by atoms with van der Waals surface area (Å²) in [5.74, 6) is 1.63. The normalized spacial score (nSPS) is 15.9. The van der Waals surface area contributed by atoms with E-state index < -0.39 is 0 Å². The summed E-state index contributed by atoms with van der Waals surface area (Å²) in [5.41, 5.74) is 0. The molecular formula is C19H35N5O4. The first-order valence-corrected chi connectivity index (χ1v) is 10.0. The second kappa shape index (κ2) is 13.1. The van der Waals surface area contributed by atoms with Gasteiger partial charge in [0.15, 0.2) is 5.82 Å². The molecule has 1 aromatic heterocycles. The standard InChI is InChI=1S/C18H33N5O2.CH2O2/c1-14(2)13-16-20-17(25-21-16)15(3)19-18(24)22(4)11-12-23-9-7-5-6-8-10-23;2-1-3/h14-15H,5-13H2,1-4H3,(H,19,24);1H,(H,2,3). The highest BCUT2D eigenvalue weighted by atomic mass is 16.5. The van der Waals surface area contributed by atoms with E-state index in [9.17, 15) is 4.79 Å². The second-order valence-electron chi connectivity index (χ2n) is 7.60. The molecule has 2 amide bonds.